The molecule has 0 bridgehead atoms. The second kappa shape index (κ2) is 9.22. The first-order chi connectivity index (χ1) is 15.0. The molecule has 6 nitrogen and oxygen atoms in total. The maximum Gasteiger partial charge on any atom is 0.258 e. The average Bonchev–Trinajstić information content (AvgIpc) is 2.71. The SMILES string of the molecule is Cc1ncnc(C)c1-c1cc(NC(=O)c2ccccc2F)ccc1OCCN1CCC1. The molecular weight excluding hydrogens is 395 g/mol. The third-order valence-electron chi connectivity index (χ3n) is 5.47. The van der Waals surface area contributed by atoms with E-state index in [9.17, 15) is 9.18 Å². The minimum absolute atomic E-state index is 0.00525. The van der Waals surface area contributed by atoms with Crippen LogP contribution in [0.2, 0.25) is 0 Å². The number of ether oxygens (including phenoxy) is 1. The Morgan fingerprint density at radius 2 is 1.87 bits per heavy atom. The molecule has 1 amide bonds. The number of halogens is 1. The number of rotatable bonds is 7. The van der Waals surface area contributed by atoms with Gasteiger partial charge in [-0.05, 0) is 63.7 Å². The molecule has 1 saturated heterocycles. The lowest BCUT2D eigenvalue weighted by Crippen LogP contribution is -2.39. The highest BCUT2D eigenvalue weighted by Crippen LogP contribution is 2.35. The Morgan fingerprint density at radius 1 is 1.13 bits per heavy atom. The zero-order valence-electron chi connectivity index (χ0n) is 17.7. The molecule has 7 heteroatoms. The second-order valence-electron chi connectivity index (χ2n) is 7.61. The van der Waals surface area contributed by atoms with Gasteiger partial charge in [0.25, 0.3) is 5.91 Å². The molecule has 160 valence electrons. The van der Waals surface area contributed by atoms with Gasteiger partial charge in [0.15, 0.2) is 0 Å². The number of anilines is 1. The van der Waals surface area contributed by atoms with Crippen LogP contribution in [-0.4, -0.2) is 47.0 Å². The molecular formula is C24H25FN4O2. The fourth-order valence-electron chi connectivity index (χ4n) is 3.65. The first kappa shape index (κ1) is 20.9. The topological polar surface area (TPSA) is 67.3 Å². The summed E-state index contributed by atoms with van der Waals surface area (Å²) >= 11 is 0. The summed E-state index contributed by atoms with van der Waals surface area (Å²) in [5.74, 6) is -0.368. The summed E-state index contributed by atoms with van der Waals surface area (Å²) in [5, 5.41) is 2.78. The van der Waals surface area contributed by atoms with E-state index in [1.165, 1.54) is 24.9 Å². The van der Waals surface area contributed by atoms with Gasteiger partial charge in [-0.15, -0.1) is 0 Å². The molecule has 4 rings (SSSR count). The number of aryl methyl sites for hydroxylation is 2. The molecule has 0 aliphatic carbocycles. The number of amides is 1. The Hall–Kier alpha value is -3.32. The standard InChI is InChI=1S/C24H25FN4O2/c1-16-23(17(2)27-15-26-16)20-14-18(28-24(30)19-6-3-4-7-21(19)25)8-9-22(20)31-13-12-29-10-5-11-29/h3-4,6-9,14-15H,5,10-13H2,1-2H3,(H,28,30). The van der Waals surface area contributed by atoms with Gasteiger partial charge in [-0.2, -0.15) is 0 Å². The average molecular weight is 420 g/mol. The van der Waals surface area contributed by atoms with Crippen LogP contribution in [0.15, 0.2) is 48.8 Å². The van der Waals surface area contributed by atoms with E-state index in [0.717, 1.165) is 42.1 Å². The minimum atomic E-state index is -0.561. The van der Waals surface area contributed by atoms with Crippen LogP contribution in [0.3, 0.4) is 0 Å². The van der Waals surface area contributed by atoms with E-state index >= 15 is 0 Å². The van der Waals surface area contributed by atoms with Crippen LogP contribution in [0.4, 0.5) is 10.1 Å². The fourth-order valence-corrected chi connectivity index (χ4v) is 3.65. The number of benzene rings is 2. The van der Waals surface area contributed by atoms with Crippen molar-refractivity contribution in [3.05, 3.63) is 71.6 Å². The third kappa shape index (κ3) is 4.72. The van der Waals surface area contributed by atoms with Gasteiger partial charge in [0, 0.05) is 34.7 Å². The zero-order chi connectivity index (χ0) is 21.8. The van der Waals surface area contributed by atoms with E-state index in [4.69, 9.17) is 4.74 Å². The van der Waals surface area contributed by atoms with Crippen molar-refractivity contribution in [1.29, 1.82) is 0 Å². The molecule has 1 fully saturated rings. The maximum atomic E-state index is 14.0. The molecule has 3 aromatic rings. The molecule has 1 N–H and O–H groups in total. The molecule has 0 saturated carbocycles. The Balaban J connectivity index is 1.63. The van der Waals surface area contributed by atoms with Crippen molar-refractivity contribution in [2.45, 2.75) is 20.3 Å². The number of carbonyl (C=O) groups excluding carboxylic acids is 1. The fraction of sp³-hybridized carbons (Fsp3) is 0.292. The van der Waals surface area contributed by atoms with E-state index in [1.807, 2.05) is 26.0 Å². The Kier molecular flexibility index (Phi) is 6.23. The van der Waals surface area contributed by atoms with E-state index < -0.39 is 11.7 Å². The van der Waals surface area contributed by atoms with E-state index in [0.29, 0.717) is 18.0 Å². The van der Waals surface area contributed by atoms with Crippen molar-refractivity contribution >= 4 is 11.6 Å². The van der Waals surface area contributed by atoms with Crippen LogP contribution in [0.5, 0.6) is 5.75 Å². The van der Waals surface area contributed by atoms with Crippen LogP contribution < -0.4 is 10.1 Å². The second-order valence-corrected chi connectivity index (χ2v) is 7.61. The van der Waals surface area contributed by atoms with Crippen molar-refractivity contribution < 1.29 is 13.9 Å². The lowest BCUT2D eigenvalue weighted by Gasteiger charge is -2.30. The number of likely N-dealkylation sites (tertiary alicyclic amines) is 1. The number of hydrogen-bond acceptors (Lipinski definition) is 5. The summed E-state index contributed by atoms with van der Waals surface area (Å²) < 4.78 is 20.1. The lowest BCUT2D eigenvalue weighted by atomic mass is 10.0. The van der Waals surface area contributed by atoms with Gasteiger partial charge >= 0.3 is 0 Å². The molecule has 1 aliphatic rings. The van der Waals surface area contributed by atoms with Gasteiger partial charge in [-0.1, -0.05) is 12.1 Å². The highest BCUT2D eigenvalue weighted by molar-refractivity contribution is 6.04. The smallest absolute Gasteiger partial charge is 0.258 e. The molecule has 1 aromatic heterocycles. The quantitative estimate of drug-likeness (QED) is 0.619. The summed E-state index contributed by atoms with van der Waals surface area (Å²) in [4.78, 5) is 23.6. The normalized spacial score (nSPS) is 13.5. The van der Waals surface area contributed by atoms with Crippen molar-refractivity contribution in [3.63, 3.8) is 0 Å². The molecule has 2 aromatic carbocycles. The summed E-state index contributed by atoms with van der Waals surface area (Å²) in [6, 6.07) is 11.3. The number of hydrogen-bond donors (Lipinski definition) is 1. The van der Waals surface area contributed by atoms with Gasteiger partial charge in [-0.3, -0.25) is 9.69 Å². The van der Waals surface area contributed by atoms with E-state index in [2.05, 4.69) is 20.2 Å². The first-order valence-electron chi connectivity index (χ1n) is 10.4. The van der Waals surface area contributed by atoms with Crippen LogP contribution in [0.25, 0.3) is 11.1 Å². The van der Waals surface area contributed by atoms with Crippen molar-refractivity contribution in [3.8, 4) is 16.9 Å². The Morgan fingerprint density at radius 3 is 2.55 bits per heavy atom. The third-order valence-corrected chi connectivity index (χ3v) is 5.47. The monoisotopic (exact) mass is 420 g/mol. The Labute approximate surface area is 181 Å². The molecule has 0 radical (unpaired) electrons. The van der Waals surface area contributed by atoms with Crippen LogP contribution >= 0.6 is 0 Å². The predicted molar refractivity (Wildman–Crippen MR) is 118 cm³/mol. The molecule has 31 heavy (non-hydrogen) atoms. The number of carbonyl (C=O) groups is 1. The summed E-state index contributed by atoms with van der Waals surface area (Å²) in [5.41, 5.74) is 3.83. The van der Waals surface area contributed by atoms with Crippen molar-refractivity contribution in [2.24, 2.45) is 0 Å². The summed E-state index contributed by atoms with van der Waals surface area (Å²) in [7, 11) is 0. The zero-order valence-corrected chi connectivity index (χ0v) is 17.7. The largest absolute Gasteiger partial charge is 0.492 e. The van der Waals surface area contributed by atoms with E-state index in [1.54, 1.807) is 18.2 Å². The summed E-state index contributed by atoms with van der Waals surface area (Å²) in [6.07, 6.45) is 2.77. The van der Waals surface area contributed by atoms with Crippen molar-refractivity contribution in [2.75, 3.05) is 31.6 Å². The van der Waals surface area contributed by atoms with Gasteiger partial charge in [-0.25, -0.2) is 14.4 Å². The van der Waals surface area contributed by atoms with Gasteiger partial charge in [0.05, 0.1) is 5.56 Å². The van der Waals surface area contributed by atoms with Gasteiger partial charge < -0.3 is 10.1 Å². The molecule has 1 aliphatic heterocycles. The molecule has 0 unspecified atom stereocenters. The molecule has 2 heterocycles. The molecule has 0 spiro atoms. The maximum absolute atomic E-state index is 14.0. The Bertz CT molecular complexity index is 1080. The van der Waals surface area contributed by atoms with Gasteiger partial charge in [0.1, 0.15) is 24.5 Å². The van der Waals surface area contributed by atoms with Crippen LogP contribution in [0, 0.1) is 19.7 Å². The number of aromatic nitrogens is 2. The van der Waals surface area contributed by atoms with E-state index in [-0.39, 0.29) is 5.56 Å². The lowest BCUT2D eigenvalue weighted by molar-refractivity contribution is 0.102. The molecule has 0 atom stereocenters. The highest BCUT2D eigenvalue weighted by atomic mass is 19.1. The summed E-state index contributed by atoms with van der Waals surface area (Å²) in [6.45, 7) is 7.50. The number of nitrogens with zero attached hydrogens (tertiary/aromatic N) is 3. The van der Waals surface area contributed by atoms with Gasteiger partial charge in [0.2, 0.25) is 0 Å². The predicted octanol–water partition coefficient (Wildman–Crippen LogP) is 4.24. The van der Waals surface area contributed by atoms with Crippen LogP contribution in [-0.2, 0) is 0 Å². The highest BCUT2D eigenvalue weighted by Gasteiger charge is 2.18. The van der Waals surface area contributed by atoms with Crippen molar-refractivity contribution in [1.82, 2.24) is 14.9 Å². The first-order valence-corrected chi connectivity index (χ1v) is 10.4. The number of nitrogens with one attached hydrogen (secondary N) is 1. The minimum Gasteiger partial charge on any atom is -0.492 e. The van der Waals surface area contributed by atoms with Crippen LogP contribution in [0.1, 0.15) is 28.2 Å².